The fourth-order valence-electron chi connectivity index (χ4n) is 6.08. The molecule has 1 atom stereocenters. The van der Waals surface area contributed by atoms with Gasteiger partial charge in [0.2, 0.25) is 5.91 Å². The summed E-state index contributed by atoms with van der Waals surface area (Å²) in [7, 11) is 3.37. The molecule has 0 bridgehead atoms. The molecule has 0 spiro atoms. The number of nitrogens with zero attached hydrogens (tertiary/aromatic N) is 3. The molecule has 1 aliphatic heterocycles. The minimum absolute atomic E-state index is 0.0612. The van der Waals surface area contributed by atoms with E-state index in [-0.39, 0.29) is 30.5 Å². The molecule has 2 aromatic rings. The number of hydrogen-bond donors (Lipinski definition) is 2. The number of benzene rings is 1. The molecular weight excluding hydrogens is 518 g/mol. The molecule has 1 saturated heterocycles. The normalized spacial score (nSPS) is 20.6. The summed E-state index contributed by atoms with van der Waals surface area (Å²) in [6.07, 6.45) is 9.80. The summed E-state index contributed by atoms with van der Waals surface area (Å²) < 4.78 is 1.46. The zero-order valence-corrected chi connectivity index (χ0v) is 25.6. The van der Waals surface area contributed by atoms with Crippen molar-refractivity contribution in [3.63, 3.8) is 0 Å². The van der Waals surface area contributed by atoms with Crippen LogP contribution in [-0.4, -0.2) is 75.8 Å². The first-order chi connectivity index (χ1) is 19.4. The largest absolute Gasteiger partial charge is 0.397 e. The molecule has 41 heavy (non-hydrogen) atoms. The van der Waals surface area contributed by atoms with E-state index in [9.17, 15) is 19.5 Å². The number of pyridine rings is 1. The van der Waals surface area contributed by atoms with E-state index < -0.39 is 11.0 Å². The molecule has 0 radical (unpaired) electrons. The van der Waals surface area contributed by atoms with E-state index in [4.69, 9.17) is 5.11 Å². The lowest BCUT2D eigenvalue weighted by Crippen LogP contribution is -2.60. The molecule has 4 rings (SSSR count). The molecular formula is C33H49N3O5. The molecule has 226 valence electrons. The van der Waals surface area contributed by atoms with Crippen molar-refractivity contribution in [2.75, 3.05) is 33.8 Å². The third-order valence-electron chi connectivity index (χ3n) is 8.76. The van der Waals surface area contributed by atoms with E-state index in [0.29, 0.717) is 43.0 Å². The number of rotatable bonds is 7. The highest BCUT2D eigenvalue weighted by atomic mass is 16.3. The highest BCUT2D eigenvalue weighted by Crippen LogP contribution is 2.40. The first-order valence-corrected chi connectivity index (χ1v) is 15.0. The van der Waals surface area contributed by atoms with E-state index >= 15 is 0 Å². The van der Waals surface area contributed by atoms with Gasteiger partial charge in [0.05, 0.1) is 17.7 Å². The number of carbonyl (C=O) groups is 2. The summed E-state index contributed by atoms with van der Waals surface area (Å²) in [6, 6.07) is 10.9. The van der Waals surface area contributed by atoms with Crippen LogP contribution in [0.25, 0.3) is 11.1 Å². The second kappa shape index (κ2) is 14.3. The molecule has 1 aromatic carbocycles. The fraction of sp³-hybridized carbons (Fsp3) is 0.606. The number of hydrogen-bond acceptors (Lipinski definition) is 5. The van der Waals surface area contributed by atoms with E-state index in [0.717, 1.165) is 12.0 Å². The molecule has 2 N–H and O–H groups in total. The molecule has 2 heterocycles. The predicted octanol–water partition coefficient (Wildman–Crippen LogP) is 4.57. The highest BCUT2D eigenvalue weighted by molar-refractivity contribution is 6.00. The Morgan fingerprint density at radius 1 is 1.07 bits per heavy atom. The molecule has 1 aliphatic carbocycles. The summed E-state index contributed by atoms with van der Waals surface area (Å²) in [6.45, 7) is 6.81. The van der Waals surface area contributed by atoms with Crippen LogP contribution in [0.4, 0.5) is 0 Å². The van der Waals surface area contributed by atoms with Crippen LogP contribution in [0.15, 0.2) is 47.4 Å². The molecule has 0 unspecified atom stereocenters. The third kappa shape index (κ3) is 8.07. The Balaban J connectivity index is 0.00000147. The Kier molecular flexibility index (Phi) is 11.3. The topological polar surface area (TPSA) is 103 Å². The number of aromatic nitrogens is 1. The maximum Gasteiger partial charge on any atom is 0.255 e. The van der Waals surface area contributed by atoms with Crippen LogP contribution in [-0.2, 0) is 11.3 Å². The second-order valence-electron chi connectivity index (χ2n) is 12.5. The van der Waals surface area contributed by atoms with Crippen molar-refractivity contribution in [1.29, 1.82) is 0 Å². The Morgan fingerprint density at radius 3 is 2.29 bits per heavy atom. The van der Waals surface area contributed by atoms with Crippen LogP contribution in [0.3, 0.4) is 0 Å². The quantitative estimate of drug-likeness (QED) is 0.511. The van der Waals surface area contributed by atoms with Gasteiger partial charge >= 0.3 is 0 Å². The van der Waals surface area contributed by atoms with Gasteiger partial charge in [0.15, 0.2) is 0 Å². The highest BCUT2D eigenvalue weighted by Gasteiger charge is 2.49. The lowest BCUT2D eigenvalue weighted by atomic mass is 9.69. The average molecular weight is 568 g/mol. The monoisotopic (exact) mass is 567 g/mol. The van der Waals surface area contributed by atoms with Crippen molar-refractivity contribution in [3.8, 4) is 11.1 Å². The SMILES string of the molecule is CCO.CN(C)C(=O)c1cn(C[C@]2(O)CCN(C(=O)CCC3CCCCC3)CC2(C)C)c(=O)cc1-c1ccccc1. The van der Waals surface area contributed by atoms with Gasteiger partial charge in [-0.15, -0.1) is 0 Å². The third-order valence-corrected chi connectivity index (χ3v) is 8.76. The molecule has 2 aliphatic rings. The van der Waals surface area contributed by atoms with Gasteiger partial charge in [0, 0.05) is 63.5 Å². The minimum Gasteiger partial charge on any atom is -0.397 e. The van der Waals surface area contributed by atoms with E-state index in [1.165, 1.54) is 47.6 Å². The summed E-state index contributed by atoms with van der Waals surface area (Å²) in [4.78, 5) is 42.8. The second-order valence-corrected chi connectivity index (χ2v) is 12.5. The van der Waals surface area contributed by atoms with Crippen LogP contribution in [0, 0.1) is 11.3 Å². The van der Waals surface area contributed by atoms with Gasteiger partial charge in [-0.3, -0.25) is 14.4 Å². The summed E-state index contributed by atoms with van der Waals surface area (Å²) in [5.74, 6) is 0.614. The zero-order chi connectivity index (χ0) is 30.2. The number of carbonyl (C=O) groups excluding carboxylic acids is 2. The van der Waals surface area contributed by atoms with Crippen molar-refractivity contribution in [2.45, 2.75) is 84.3 Å². The summed E-state index contributed by atoms with van der Waals surface area (Å²) in [5, 5.41) is 19.4. The molecule has 1 saturated carbocycles. The molecule has 2 amide bonds. The maximum absolute atomic E-state index is 13.3. The van der Waals surface area contributed by atoms with Crippen LogP contribution < -0.4 is 5.56 Å². The molecule has 1 aromatic heterocycles. The van der Waals surface area contributed by atoms with Crippen LogP contribution in [0.2, 0.25) is 0 Å². The van der Waals surface area contributed by atoms with Gasteiger partial charge < -0.3 is 24.6 Å². The number of piperidine rings is 1. The lowest BCUT2D eigenvalue weighted by molar-refractivity contribution is -0.154. The predicted molar refractivity (Wildman–Crippen MR) is 163 cm³/mol. The average Bonchev–Trinajstić information content (AvgIpc) is 2.95. The van der Waals surface area contributed by atoms with Gasteiger partial charge in [0.1, 0.15) is 0 Å². The molecule has 2 fully saturated rings. The Labute approximate surface area is 245 Å². The number of amides is 2. The molecule has 8 heteroatoms. The van der Waals surface area contributed by atoms with Crippen LogP contribution >= 0.6 is 0 Å². The van der Waals surface area contributed by atoms with Gasteiger partial charge in [-0.25, -0.2) is 0 Å². The Morgan fingerprint density at radius 2 is 1.71 bits per heavy atom. The maximum atomic E-state index is 13.3. The van der Waals surface area contributed by atoms with Gasteiger partial charge in [-0.05, 0) is 31.2 Å². The van der Waals surface area contributed by atoms with Crippen molar-refractivity contribution >= 4 is 11.8 Å². The number of likely N-dealkylation sites (tertiary alicyclic amines) is 1. The fourth-order valence-corrected chi connectivity index (χ4v) is 6.08. The Bertz CT molecular complexity index is 1220. The molecule has 8 nitrogen and oxygen atoms in total. The summed E-state index contributed by atoms with van der Waals surface area (Å²) in [5.41, 5.74) is -0.318. The lowest BCUT2D eigenvalue weighted by Gasteiger charge is -2.50. The van der Waals surface area contributed by atoms with E-state index in [1.54, 1.807) is 27.2 Å². The van der Waals surface area contributed by atoms with Crippen molar-refractivity contribution < 1.29 is 19.8 Å². The van der Waals surface area contributed by atoms with Gasteiger partial charge in [0.25, 0.3) is 11.5 Å². The van der Waals surface area contributed by atoms with Gasteiger partial charge in [-0.2, -0.15) is 0 Å². The zero-order valence-electron chi connectivity index (χ0n) is 25.6. The Hall–Kier alpha value is -2.97. The van der Waals surface area contributed by atoms with Gasteiger partial charge in [-0.1, -0.05) is 76.3 Å². The number of aliphatic hydroxyl groups excluding tert-OH is 1. The number of aliphatic hydroxyl groups is 2. The van der Waals surface area contributed by atoms with Crippen molar-refractivity contribution in [3.05, 3.63) is 58.5 Å². The van der Waals surface area contributed by atoms with Crippen molar-refractivity contribution in [2.24, 2.45) is 11.3 Å². The summed E-state index contributed by atoms with van der Waals surface area (Å²) >= 11 is 0. The minimum atomic E-state index is -1.20. The van der Waals surface area contributed by atoms with Crippen molar-refractivity contribution in [1.82, 2.24) is 14.4 Å². The van der Waals surface area contributed by atoms with E-state index in [1.807, 2.05) is 49.1 Å². The van der Waals surface area contributed by atoms with Crippen LogP contribution in [0.1, 0.15) is 82.5 Å². The first kappa shape index (κ1) is 32.5. The van der Waals surface area contributed by atoms with E-state index in [2.05, 4.69) is 0 Å². The van der Waals surface area contributed by atoms with Crippen LogP contribution in [0.5, 0.6) is 0 Å². The standard InChI is InChI=1S/C31H43N3O4.C2H6O/c1-30(2)21-33(27(35)16-15-23-11-7-5-8-12-23)18-17-31(30,38)22-34-20-26(29(37)32(3)4)25(19-28(34)36)24-13-9-6-10-14-24;1-2-3/h6,9-10,13-14,19-20,23,38H,5,7-8,11-12,15-18,21-22H2,1-4H3;3H,2H2,1H3/t31-;/m1./s1. The first-order valence-electron chi connectivity index (χ1n) is 15.0. The smallest absolute Gasteiger partial charge is 0.255 e.